The lowest BCUT2D eigenvalue weighted by Crippen LogP contribution is -2.44. The van der Waals surface area contributed by atoms with Gasteiger partial charge in [0.25, 0.3) is 5.91 Å². The van der Waals surface area contributed by atoms with E-state index in [2.05, 4.69) is 5.32 Å². The molecule has 4 heteroatoms. The predicted molar refractivity (Wildman–Crippen MR) is 57.9 cm³/mol. The van der Waals surface area contributed by atoms with E-state index in [1.54, 1.807) is 6.92 Å². The number of amides is 1. The molecular formula is C11H16N2O2. The van der Waals surface area contributed by atoms with Crippen molar-refractivity contribution in [3.05, 3.63) is 35.9 Å². The van der Waals surface area contributed by atoms with Gasteiger partial charge in [-0.1, -0.05) is 30.3 Å². The summed E-state index contributed by atoms with van der Waals surface area (Å²) in [5, 5.41) is 11.9. The second-order valence-corrected chi connectivity index (χ2v) is 3.51. The highest BCUT2D eigenvalue weighted by Crippen LogP contribution is 1.98. The monoisotopic (exact) mass is 208 g/mol. The van der Waals surface area contributed by atoms with Crippen molar-refractivity contribution in [1.82, 2.24) is 5.32 Å². The van der Waals surface area contributed by atoms with E-state index in [0.717, 1.165) is 5.56 Å². The fraction of sp³-hybridized carbons (Fsp3) is 0.364. The number of nitrogens with two attached hydrogens (primary N) is 1. The molecule has 0 bridgehead atoms. The van der Waals surface area contributed by atoms with Crippen LogP contribution in [-0.4, -0.2) is 23.2 Å². The number of nitrogens with one attached hydrogen (secondary N) is 1. The Morgan fingerprint density at radius 3 is 2.60 bits per heavy atom. The molecule has 0 saturated heterocycles. The molecule has 82 valence electrons. The zero-order chi connectivity index (χ0) is 11.3. The van der Waals surface area contributed by atoms with Crippen LogP contribution in [0.15, 0.2) is 30.3 Å². The van der Waals surface area contributed by atoms with E-state index in [1.807, 2.05) is 30.3 Å². The van der Waals surface area contributed by atoms with Crippen LogP contribution < -0.4 is 11.1 Å². The van der Waals surface area contributed by atoms with E-state index >= 15 is 0 Å². The van der Waals surface area contributed by atoms with Crippen LogP contribution in [0.1, 0.15) is 12.5 Å². The maximum absolute atomic E-state index is 11.3. The third-order valence-corrected chi connectivity index (χ3v) is 2.08. The van der Waals surface area contributed by atoms with E-state index < -0.39 is 18.1 Å². The number of aliphatic hydroxyl groups excluding tert-OH is 1. The number of aliphatic hydroxyl groups is 1. The molecule has 0 saturated carbocycles. The van der Waals surface area contributed by atoms with Crippen molar-refractivity contribution in [2.45, 2.75) is 25.6 Å². The second kappa shape index (κ2) is 5.48. The summed E-state index contributed by atoms with van der Waals surface area (Å²) >= 11 is 0. The van der Waals surface area contributed by atoms with Crippen LogP contribution in [0, 0.1) is 0 Å². The summed E-state index contributed by atoms with van der Waals surface area (Å²) in [4.78, 5) is 11.3. The zero-order valence-corrected chi connectivity index (χ0v) is 8.68. The van der Waals surface area contributed by atoms with E-state index in [-0.39, 0.29) is 0 Å². The Bertz CT molecular complexity index is 312. The summed E-state index contributed by atoms with van der Waals surface area (Å²) in [7, 11) is 0. The molecule has 0 fully saturated rings. The molecule has 4 N–H and O–H groups in total. The zero-order valence-electron chi connectivity index (χ0n) is 8.68. The standard InChI is InChI=1S/C11H16N2O2/c1-8(12)10(14)11(15)13-7-9-5-3-2-4-6-9/h2-6,8,10,14H,7,12H2,1H3,(H,13,15)/t8-,10?/m0/s1. The van der Waals surface area contributed by atoms with Crippen molar-refractivity contribution >= 4 is 5.91 Å². The Hall–Kier alpha value is -1.39. The summed E-state index contributed by atoms with van der Waals surface area (Å²) in [6.45, 7) is 2.00. The van der Waals surface area contributed by atoms with Crippen molar-refractivity contribution in [2.75, 3.05) is 0 Å². The fourth-order valence-electron chi connectivity index (χ4n) is 1.13. The van der Waals surface area contributed by atoms with Gasteiger partial charge >= 0.3 is 0 Å². The van der Waals surface area contributed by atoms with Gasteiger partial charge in [-0.25, -0.2) is 0 Å². The molecule has 0 spiro atoms. The van der Waals surface area contributed by atoms with Crippen LogP contribution in [0.3, 0.4) is 0 Å². The average Bonchev–Trinajstić information content (AvgIpc) is 2.26. The van der Waals surface area contributed by atoms with Gasteiger partial charge < -0.3 is 16.2 Å². The smallest absolute Gasteiger partial charge is 0.250 e. The maximum Gasteiger partial charge on any atom is 0.250 e. The van der Waals surface area contributed by atoms with E-state index in [0.29, 0.717) is 6.54 Å². The molecule has 0 aliphatic rings. The molecule has 1 rings (SSSR count). The Morgan fingerprint density at radius 1 is 1.47 bits per heavy atom. The second-order valence-electron chi connectivity index (χ2n) is 3.51. The van der Waals surface area contributed by atoms with Crippen LogP contribution in [0.25, 0.3) is 0 Å². The normalized spacial score (nSPS) is 14.3. The molecular weight excluding hydrogens is 192 g/mol. The summed E-state index contributed by atoms with van der Waals surface area (Å²) < 4.78 is 0. The van der Waals surface area contributed by atoms with Gasteiger partial charge in [-0.2, -0.15) is 0 Å². The molecule has 1 aromatic rings. The van der Waals surface area contributed by atoms with Gasteiger partial charge in [0.2, 0.25) is 0 Å². The summed E-state index contributed by atoms with van der Waals surface area (Å²) in [5.41, 5.74) is 6.38. The minimum atomic E-state index is -1.14. The fourth-order valence-corrected chi connectivity index (χ4v) is 1.13. The third-order valence-electron chi connectivity index (χ3n) is 2.08. The van der Waals surface area contributed by atoms with Crippen molar-refractivity contribution in [1.29, 1.82) is 0 Å². The number of benzene rings is 1. The van der Waals surface area contributed by atoms with Gasteiger partial charge in [0.05, 0.1) is 0 Å². The van der Waals surface area contributed by atoms with Gasteiger partial charge in [-0.05, 0) is 12.5 Å². The Balaban J connectivity index is 2.41. The van der Waals surface area contributed by atoms with Crippen LogP contribution in [0.4, 0.5) is 0 Å². The first-order chi connectivity index (χ1) is 7.11. The summed E-state index contributed by atoms with van der Waals surface area (Å²) in [5.74, 6) is -0.436. The summed E-state index contributed by atoms with van der Waals surface area (Å²) in [6, 6.07) is 8.94. The first-order valence-electron chi connectivity index (χ1n) is 4.86. The van der Waals surface area contributed by atoms with Crippen LogP contribution in [0.2, 0.25) is 0 Å². The molecule has 4 nitrogen and oxygen atoms in total. The molecule has 0 aliphatic heterocycles. The highest BCUT2D eigenvalue weighted by molar-refractivity contribution is 5.81. The van der Waals surface area contributed by atoms with Crippen molar-refractivity contribution < 1.29 is 9.90 Å². The lowest BCUT2D eigenvalue weighted by Gasteiger charge is -2.14. The van der Waals surface area contributed by atoms with Crippen molar-refractivity contribution in [3.8, 4) is 0 Å². The SMILES string of the molecule is C[C@H](N)C(O)C(=O)NCc1ccccc1. The largest absolute Gasteiger partial charge is 0.382 e. The van der Waals surface area contributed by atoms with Crippen LogP contribution in [-0.2, 0) is 11.3 Å². The van der Waals surface area contributed by atoms with Crippen molar-refractivity contribution in [2.24, 2.45) is 5.73 Å². The number of hydrogen-bond donors (Lipinski definition) is 3. The van der Waals surface area contributed by atoms with Gasteiger partial charge in [0, 0.05) is 12.6 Å². The minimum absolute atomic E-state index is 0.406. The van der Waals surface area contributed by atoms with Crippen LogP contribution >= 0.6 is 0 Å². The first-order valence-corrected chi connectivity index (χ1v) is 4.86. The first kappa shape index (κ1) is 11.7. The number of rotatable bonds is 4. The highest BCUT2D eigenvalue weighted by Gasteiger charge is 2.18. The van der Waals surface area contributed by atoms with Crippen molar-refractivity contribution in [3.63, 3.8) is 0 Å². The maximum atomic E-state index is 11.3. The topological polar surface area (TPSA) is 75.3 Å². The van der Waals surface area contributed by atoms with Gasteiger partial charge in [-0.3, -0.25) is 4.79 Å². The lowest BCUT2D eigenvalue weighted by atomic mass is 10.2. The van der Waals surface area contributed by atoms with Gasteiger partial charge in [0.15, 0.2) is 0 Å². The predicted octanol–water partition coefficient (Wildman–Crippen LogP) is 0.0109. The Kier molecular flexibility index (Phi) is 4.27. The number of carbonyl (C=O) groups is 1. The molecule has 0 aliphatic carbocycles. The van der Waals surface area contributed by atoms with Crippen LogP contribution in [0.5, 0.6) is 0 Å². The molecule has 0 heterocycles. The van der Waals surface area contributed by atoms with E-state index in [1.165, 1.54) is 0 Å². The van der Waals surface area contributed by atoms with E-state index in [4.69, 9.17) is 5.73 Å². The molecule has 1 aromatic carbocycles. The third kappa shape index (κ3) is 3.69. The molecule has 15 heavy (non-hydrogen) atoms. The molecule has 0 aromatic heterocycles. The van der Waals surface area contributed by atoms with Gasteiger partial charge in [0.1, 0.15) is 6.10 Å². The quantitative estimate of drug-likeness (QED) is 0.652. The minimum Gasteiger partial charge on any atom is -0.382 e. The average molecular weight is 208 g/mol. The Labute approximate surface area is 89.1 Å². The molecule has 1 unspecified atom stereocenters. The number of carbonyl (C=O) groups excluding carboxylic acids is 1. The summed E-state index contributed by atoms with van der Waals surface area (Å²) in [6.07, 6.45) is -1.14. The molecule has 2 atom stereocenters. The number of hydrogen-bond acceptors (Lipinski definition) is 3. The lowest BCUT2D eigenvalue weighted by molar-refractivity contribution is -0.130. The molecule has 1 amide bonds. The Morgan fingerprint density at radius 2 is 2.07 bits per heavy atom. The van der Waals surface area contributed by atoms with Gasteiger partial charge in [-0.15, -0.1) is 0 Å². The molecule has 0 radical (unpaired) electrons. The van der Waals surface area contributed by atoms with E-state index in [9.17, 15) is 9.90 Å². The highest BCUT2D eigenvalue weighted by atomic mass is 16.3.